The van der Waals surface area contributed by atoms with Crippen LogP contribution in [-0.4, -0.2) is 38.0 Å². The van der Waals surface area contributed by atoms with Crippen LogP contribution in [0, 0.1) is 16.7 Å². The molecular formula is C12H24N2O. The number of carbonyl (C=O) groups is 1. The first-order chi connectivity index (χ1) is 6.71. The van der Waals surface area contributed by atoms with Gasteiger partial charge >= 0.3 is 0 Å². The smallest absolute Gasteiger partial charge is 0.236 e. The Morgan fingerprint density at radius 3 is 2.00 bits per heavy atom. The summed E-state index contributed by atoms with van der Waals surface area (Å²) in [6.07, 6.45) is 0. The number of nitrogens with zero attached hydrogens (tertiary/aromatic N) is 1. The Kier molecular flexibility index (Phi) is 3.15. The van der Waals surface area contributed by atoms with Gasteiger partial charge in [0.05, 0.1) is 6.54 Å². The first-order valence-corrected chi connectivity index (χ1v) is 5.62. The molecular weight excluding hydrogens is 188 g/mol. The summed E-state index contributed by atoms with van der Waals surface area (Å²) in [5.74, 6) is 0.825. The fourth-order valence-corrected chi connectivity index (χ4v) is 2.33. The van der Waals surface area contributed by atoms with Crippen LogP contribution in [0.5, 0.6) is 0 Å². The monoisotopic (exact) mass is 212 g/mol. The highest BCUT2D eigenvalue weighted by atomic mass is 16.2. The van der Waals surface area contributed by atoms with Crippen LogP contribution in [0.2, 0.25) is 0 Å². The van der Waals surface area contributed by atoms with Crippen molar-refractivity contribution in [3.8, 4) is 0 Å². The molecule has 0 aromatic heterocycles. The fourth-order valence-electron chi connectivity index (χ4n) is 2.33. The normalized spacial score (nSPS) is 22.5. The summed E-state index contributed by atoms with van der Waals surface area (Å²) >= 11 is 0. The molecule has 0 aliphatic heterocycles. The topological polar surface area (TPSA) is 32.3 Å². The zero-order chi connectivity index (χ0) is 11.9. The molecule has 1 rings (SSSR count). The molecule has 0 radical (unpaired) electrons. The first kappa shape index (κ1) is 12.5. The molecule has 0 spiro atoms. The highest BCUT2D eigenvalue weighted by Crippen LogP contribution is 2.67. The largest absolute Gasteiger partial charge is 0.348 e. The lowest BCUT2D eigenvalue weighted by atomic mass is 10.0. The zero-order valence-corrected chi connectivity index (χ0v) is 10.8. The summed E-state index contributed by atoms with van der Waals surface area (Å²) in [4.78, 5) is 13.0. The van der Waals surface area contributed by atoms with E-state index in [-0.39, 0.29) is 5.91 Å². The maximum atomic E-state index is 11.3. The van der Waals surface area contributed by atoms with E-state index in [2.05, 4.69) is 33.0 Å². The van der Waals surface area contributed by atoms with Gasteiger partial charge < -0.3 is 10.2 Å². The lowest BCUT2D eigenvalue weighted by Crippen LogP contribution is -2.34. The second kappa shape index (κ2) is 3.78. The molecule has 3 heteroatoms. The van der Waals surface area contributed by atoms with Gasteiger partial charge in [-0.25, -0.2) is 0 Å². The zero-order valence-electron chi connectivity index (χ0n) is 10.8. The number of nitrogens with one attached hydrogen (secondary N) is 1. The summed E-state index contributed by atoms with van der Waals surface area (Å²) in [6, 6.07) is 0. The van der Waals surface area contributed by atoms with Crippen molar-refractivity contribution in [1.29, 1.82) is 0 Å². The molecule has 88 valence electrons. The molecule has 0 unspecified atom stereocenters. The Hall–Kier alpha value is -0.570. The van der Waals surface area contributed by atoms with Crippen LogP contribution in [0.4, 0.5) is 0 Å². The molecule has 0 aromatic rings. The molecule has 15 heavy (non-hydrogen) atoms. The van der Waals surface area contributed by atoms with E-state index in [0.717, 1.165) is 6.54 Å². The minimum absolute atomic E-state index is 0.145. The van der Waals surface area contributed by atoms with Crippen LogP contribution < -0.4 is 5.32 Å². The number of amides is 1. The van der Waals surface area contributed by atoms with Crippen molar-refractivity contribution in [2.45, 2.75) is 27.7 Å². The summed E-state index contributed by atoms with van der Waals surface area (Å²) in [5.41, 5.74) is 0.808. The van der Waals surface area contributed by atoms with Crippen molar-refractivity contribution < 1.29 is 4.79 Å². The van der Waals surface area contributed by atoms with Gasteiger partial charge in [-0.1, -0.05) is 27.7 Å². The second-order valence-corrected chi connectivity index (χ2v) is 5.92. The van der Waals surface area contributed by atoms with Crippen molar-refractivity contribution in [2.75, 3.05) is 27.2 Å². The Morgan fingerprint density at radius 1 is 1.20 bits per heavy atom. The van der Waals surface area contributed by atoms with E-state index in [0.29, 0.717) is 23.3 Å². The van der Waals surface area contributed by atoms with Gasteiger partial charge in [0.25, 0.3) is 0 Å². The number of hydrogen-bond acceptors (Lipinski definition) is 2. The molecule has 1 aliphatic rings. The van der Waals surface area contributed by atoms with E-state index in [9.17, 15) is 4.79 Å². The third-order valence-corrected chi connectivity index (χ3v) is 4.44. The van der Waals surface area contributed by atoms with Crippen molar-refractivity contribution in [1.82, 2.24) is 10.2 Å². The van der Waals surface area contributed by atoms with Crippen molar-refractivity contribution >= 4 is 5.91 Å². The molecule has 1 saturated carbocycles. The highest BCUT2D eigenvalue weighted by Gasteiger charge is 2.63. The fraction of sp³-hybridized carbons (Fsp3) is 0.917. The van der Waals surface area contributed by atoms with Gasteiger partial charge in [-0.15, -0.1) is 0 Å². The number of likely N-dealkylation sites (N-methyl/N-ethyl adjacent to an activating group) is 1. The Bertz CT molecular complexity index is 242. The lowest BCUT2D eigenvalue weighted by molar-refractivity contribution is -0.127. The summed E-state index contributed by atoms with van der Waals surface area (Å²) in [6.45, 7) is 10.6. The predicted octanol–water partition coefficient (Wildman–Crippen LogP) is 1.35. The van der Waals surface area contributed by atoms with Crippen molar-refractivity contribution in [3.05, 3.63) is 0 Å². The molecule has 0 atom stereocenters. The van der Waals surface area contributed by atoms with Crippen LogP contribution in [0.25, 0.3) is 0 Å². The minimum atomic E-state index is 0.145. The molecule has 0 aromatic carbocycles. The standard InChI is InChI=1S/C12H24N2O/c1-11(2)9(12(11,3)4)7-13-8-10(15)14(5)6/h9,13H,7-8H2,1-6H3. The van der Waals surface area contributed by atoms with Gasteiger partial charge in [0.2, 0.25) is 5.91 Å². The van der Waals surface area contributed by atoms with Gasteiger partial charge in [-0.3, -0.25) is 4.79 Å². The average molecular weight is 212 g/mol. The van der Waals surface area contributed by atoms with Crippen LogP contribution in [0.1, 0.15) is 27.7 Å². The number of carbonyl (C=O) groups excluding carboxylic acids is 1. The lowest BCUT2D eigenvalue weighted by Gasteiger charge is -2.11. The van der Waals surface area contributed by atoms with Crippen LogP contribution >= 0.6 is 0 Å². The van der Waals surface area contributed by atoms with Crippen LogP contribution in [0.3, 0.4) is 0 Å². The summed E-state index contributed by atoms with van der Waals surface area (Å²) in [7, 11) is 3.57. The summed E-state index contributed by atoms with van der Waals surface area (Å²) in [5, 5.41) is 3.25. The van der Waals surface area contributed by atoms with Gasteiger partial charge in [-0.05, 0) is 23.3 Å². The van der Waals surface area contributed by atoms with E-state index in [1.807, 2.05) is 0 Å². The Labute approximate surface area is 93.2 Å². The first-order valence-electron chi connectivity index (χ1n) is 5.62. The Morgan fingerprint density at radius 2 is 1.67 bits per heavy atom. The van der Waals surface area contributed by atoms with Crippen LogP contribution in [0.15, 0.2) is 0 Å². The number of hydrogen-bond donors (Lipinski definition) is 1. The quantitative estimate of drug-likeness (QED) is 0.763. The van der Waals surface area contributed by atoms with Crippen molar-refractivity contribution in [3.63, 3.8) is 0 Å². The Balaban J connectivity index is 2.27. The third kappa shape index (κ3) is 2.17. The van der Waals surface area contributed by atoms with Gasteiger partial charge in [0.1, 0.15) is 0 Å². The maximum Gasteiger partial charge on any atom is 0.236 e. The average Bonchev–Trinajstić information content (AvgIpc) is 2.46. The second-order valence-electron chi connectivity index (χ2n) is 5.92. The molecule has 0 saturated heterocycles. The van der Waals surface area contributed by atoms with Crippen LogP contribution in [-0.2, 0) is 4.79 Å². The van der Waals surface area contributed by atoms with E-state index >= 15 is 0 Å². The molecule has 0 heterocycles. The molecule has 1 fully saturated rings. The molecule has 3 nitrogen and oxygen atoms in total. The molecule has 1 amide bonds. The number of rotatable bonds is 4. The van der Waals surface area contributed by atoms with Gasteiger partial charge in [0.15, 0.2) is 0 Å². The van der Waals surface area contributed by atoms with Gasteiger partial charge in [0, 0.05) is 14.1 Å². The minimum Gasteiger partial charge on any atom is -0.348 e. The van der Waals surface area contributed by atoms with Crippen molar-refractivity contribution in [2.24, 2.45) is 16.7 Å². The maximum absolute atomic E-state index is 11.3. The summed E-state index contributed by atoms with van der Waals surface area (Å²) < 4.78 is 0. The van der Waals surface area contributed by atoms with E-state index in [1.165, 1.54) is 0 Å². The van der Waals surface area contributed by atoms with E-state index in [4.69, 9.17) is 0 Å². The molecule has 1 aliphatic carbocycles. The highest BCUT2D eigenvalue weighted by molar-refractivity contribution is 5.77. The SMILES string of the molecule is CN(C)C(=O)CNCC1C(C)(C)C1(C)C. The molecule has 0 bridgehead atoms. The van der Waals surface area contributed by atoms with E-state index < -0.39 is 0 Å². The third-order valence-electron chi connectivity index (χ3n) is 4.44. The van der Waals surface area contributed by atoms with E-state index in [1.54, 1.807) is 19.0 Å². The van der Waals surface area contributed by atoms with Gasteiger partial charge in [-0.2, -0.15) is 0 Å². The predicted molar refractivity (Wildman–Crippen MR) is 62.6 cm³/mol. The molecule has 1 N–H and O–H groups in total.